The van der Waals surface area contributed by atoms with E-state index in [0.29, 0.717) is 31.9 Å². The smallest absolute Gasteiger partial charge is 0.368 e. The Hall–Kier alpha value is -2.59. The van der Waals surface area contributed by atoms with E-state index < -0.39 is 21.8 Å². The molecule has 166 valence electrons. The SMILES string of the molecule is O=C(c1cccc(S(=O)(=O)NC2CC2)c1)N1CCN(c2cccc(C(F)(F)F)c2)CC1. The minimum atomic E-state index is -4.41. The van der Waals surface area contributed by atoms with Crippen molar-refractivity contribution < 1.29 is 26.4 Å². The normalized spacial score (nSPS) is 17.6. The lowest BCUT2D eigenvalue weighted by molar-refractivity contribution is -0.137. The summed E-state index contributed by atoms with van der Waals surface area (Å²) >= 11 is 0. The van der Waals surface area contributed by atoms with Gasteiger partial charge in [0.25, 0.3) is 5.91 Å². The van der Waals surface area contributed by atoms with Crippen LogP contribution in [0.3, 0.4) is 0 Å². The van der Waals surface area contributed by atoms with Crippen molar-refractivity contribution in [1.29, 1.82) is 0 Å². The van der Waals surface area contributed by atoms with Crippen LogP contribution in [-0.2, 0) is 16.2 Å². The molecule has 1 N–H and O–H groups in total. The maximum atomic E-state index is 13.0. The van der Waals surface area contributed by atoms with E-state index in [1.54, 1.807) is 21.9 Å². The Kier molecular flexibility index (Phi) is 5.69. The van der Waals surface area contributed by atoms with E-state index in [2.05, 4.69) is 4.72 Å². The number of amides is 1. The fourth-order valence-electron chi connectivity index (χ4n) is 3.51. The van der Waals surface area contributed by atoms with E-state index in [0.717, 1.165) is 25.0 Å². The molecule has 2 aromatic rings. The van der Waals surface area contributed by atoms with E-state index in [9.17, 15) is 26.4 Å². The number of sulfonamides is 1. The van der Waals surface area contributed by atoms with Crippen molar-refractivity contribution in [3.05, 3.63) is 59.7 Å². The number of benzene rings is 2. The molecule has 6 nitrogen and oxygen atoms in total. The Morgan fingerprint density at radius 1 is 0.968 bits per heavy atom. The molecule has 31 heavy (non-hydrogen) atoms. The molecule has 1 aliphatic heterocycles. The van der Waals surface area contributed by atoms with Crippen LogP contribution in [0.25, 0.3) is 0 Å². The van der Waals surface area contributed by atoms with E-state index >= 15 is 0 Å². The van der Waals surface area contributed by atoms with Crippen LogP contribution in [0.1, 0.15) is 28.8 Å². The Balaban J connectivity index is 1.42. The largest absolute Gasteiger partial charge is 0.416 e. The van der Waals surface area contributed by atoms with Gasteiger partial charge >= 0.3 is 6.18 Å². The molecule has 0 atom stereocenters. The number of halogens is 3. The zero-order valence-electron chi connectivity index (χ0n) is 16.6. The van der Waals surface area contributed by atoms with Gasteiger partial charge in [0.1, 0.15) is 0 Å². The predicted octanol–water partition coefficient (Wildman–Crippen LogP) is 3.11. The molecule has 1 saturated heterocycles. The summed E-state index contributed by atoms with van der Waals surface area (Å²) in [5.41, 5.74) is 0.0219. The molecule has 4 rings (SSSR count). The highest BCUT2D eigenvalue weighted by Gasteiger charge is 2.32. The van der Waals surface area contributed by atoms with Gasteiger partial charge in [-0.25, -0.2) is 13.1 Å². The summed E-state index contributed by atoms with van der Waals surface area (Å²) in [6.07, 6.45) is -2.78. The third-order valence-electron chi connectivity index (χ3n) is 5.40. The minimum Gasteiger partial charge on any atom is -0.368 e. The van der Waals surface area contributed by atoms with Gasteiger partial charge in [-0.1, -0.05) is 12.1 Å². The average Bonchev–Trinajstić information content (AvgIpc) is 3.56. The first-order valence-electron chi connectivity index (χ1n) is 9.97. The molecule has 1 heterocycles. The summed E-state index contributed by atoms with van der Waals surface area (Å²) in [7, 11) is -3.67. The van der Waals surface area contributed by atoms with Crippen LogP contribution in [0.4, 0.5) is 18.9 Å². The number of hydrogen-bond donors (Lipinski definition) is 1. The number of anilines is 1. The summed E-state index contributed by atoms with van der Waals surface area (Å²) < 4.78 is 66.3. The van der Waals surface area contributed by atoms with Gasteiger partial charge in [0.15, 0.2) is 0 Å². The van der Waals surface area contributed by atoms with Crippen molar-refractivity contribution in [2.75, 3.05) is 31.1 Å². The zero-order chi connectivity index (χ0) is 22.2. The molecule has 0 aromatic heterocycles. The number of hydrogen-bond acceptors (Lipinski definition) is 4. The predicted molar refractivity (Wildman–Crippen MR) is 109 cm³/mol. The molecule has 2 aliphatic rings. The Labute approximate surface area is 178 Å². The van der Waals surface area contributed by atoms with E-state index in [-0.39, 0.29) is 22.4 Å². The maximum Gasteiger partial charge on any atom is 0.416 e. The third kappa shape index (κ3) is 5.01. The first-order chi connectivity index (χ1) is 14.6. The topological polar surface area (TPSA) is 69.7 Å². The molecule has 1 aliphatic carbocycles. The molecule has 0 unspecified atom stereocenters. The highest BCUT2D eigenvalue weighted by molar-refractivity contribution is 7.89. The van der Waals surface area contributed by atoms with Crippen LogP contribution in [0, 0.1) is 0 Å². The Bertz CT molecular complexity index is 1080. The monoisotopic (exact) mass is 453 g/mol. The Morgan fingerprint density at radius 2 is 1.65 bits per heavy atom. The van der Waals surface area contributed by atoms with Crippen LogP contribution in [-0.4, -0.2) is 51.4 Å². The lowest BCUT2D eigenvalue weighted by Crippen LogP contribution is -2.48. The molecular formula is C21H22F3N3O3S. The zero-order valence-corrected chi connectivity index (χ0v) is 17.4. The lowest BCUT2D eigenvalue weighted by Gasteiger charge is -2.36. The fraction of sp³-hybridized carbons (Fsp3) is 0.381. The van der Waals surface area contributed by atoms with Crippen LogP contribution in [0.15, 0.2) is 53.4 Å². The number of piperazine rings is 1. The van der Waals surface area contributed by atoms with Crippen molar-refractivity contribution >= 4 is 21.6 Å². The number of alkyl halides is 3. The standard InChI is InChI=1S/C21H22F3N3O3S/c22-21(23,24)16-4-2-5-18(14-16)26-9-11-27(12-10-26)20(28)15-3-1-6-19(13-15)31(29,30)25-17-7-8-17/h1-6,13-14,17,25H,7-12H2. The molecule has 0 spiro atoms. The highest BCUT2D eigenvalue weighted by Crippen LogP contribution is 2.32. The molecule has 0 radical (unpaired) electrons. The van der Waals surface area contributed by atoms with E-state index in [1.165, 1.54) is 24.3 Å². The van der Waals surface area contributed by atoms with Crippen molar-refractivity contribution in [3.63, 3.8) is 0 Å². The number of rotatable bonds is 5. The first-order valence-corrected chi connectivity index (χ1v) is 11.5. The van der Waals surface area contributed by atoms with Crippen molar-refractivity contribution in [3.8, 4) is 0 Å². The van der Waals surface area contributed by atoms with Gasteiger partial charge in [-0.3, -0.25) is 4.79 Å². The van der Waals surface area contributed by atoms with Crippen LogP contribution < -0.4 is 9.62 Å². The second-order valence-electron chi connectivity index (χ2n) is 7.75. The van der Waals surface area contributed by atoms with E-state index in [4.69, 9.17) is 0 Å². The second kappa shape index (κ2) is 8.16. The molecule has 1 amide bonds. The van der Waals surface area contributed by atoms with Gasteiger partial charge in [0, 0.05) is 43.5 Å². The number of nitrogens with zero attached hydrogens (tertiary/aromatic N) is 2. The van der Waals surface area contributed by atoms with Crippen molar-refractivity contribution in [2.45, 2.75) is 30.0 Å². The quantitative estimate of drug-likeness (QED) is 0.756. The summed E-state index contributed by atoms with van der Waals surface area (Å²) in [5.74, 6) is -0.299. The van der Waals surface area contributed by atoms with Gasteiger partial charge in [0.2, 0.25) is 10.0 Å². The highest BCUT2D eigenvalue weighted by atomic mass is 32.2. The summed E-state index contributed by atoms with van der Waals surface area (Å²) in [5, 5.41) is 0. The van der Waals surface area contributed by atoms with Crippen LogP contribution >= 0.6 is 0 Å². The van der Waals surface area contributed by atoms with Gasteiger partial charge in [-0.15, -0.1) is 0 Å². The van der Waals surface area contributed by atoms with Crippen molar-refractivity contribution in [1.82, 2.24) is 9.62 Å². The summed E-state index contributed by atoms with van der Waals surface area (Å²) in [6.45, 7) is 1.42. The number of nitrogens with one attached hydrogen (secondary N) is 1. The first kappa shape index (κ1) is 21.6. The molecule has 10 heteroatoms. The van der Waals surface area contributed by atoms with Crippen molar-refractivity contribution in [2.24, 2.45) is 0 Å². The minimum absolute atomic E-state index is 0.0340. The van der Waals surface area contributed by atoms with Gasteiger partial charge in [-0.2, -0.15) is 13.2 Å². The fourth-order valence-corrected chi connectivity index (χ4v) is 4.86. The van der Waals surface area contributed by atoms with Crippen LogP contribution in [0.5, 0.6) is 0 Å². The van der Waals surface area contributed by atoms with Gasteiger partial charge in [0.05, 0.1) is 10.5 Å². The van der Waals surface area contributed by atoms with Gasteiger partial charge in [-0.05, 0) is 49.2 Å². The lowest BCUT2D eigenvalue weighted by atomic mass is 10.1. The third-order valence-corrected chi connectivity index (χ3v) is 6.91. The number of carbonyl (C=O) groups is 1. The summed E-state index contributed by atoms with van der Waals surface area (Å²) in [6, 6.07) is 11.0. The molecule has 1 saturated carbocycles. The average molecular weight is 453 g/mol. The molecule has 2 fully saturated rings. The maximum absolute atomic E-state index is 13.0. The second-order valence-corrected chi connectivity index (χ2v) is 9.46. The van der Waals surface area contributed by atoms with Gasteiger partial charge < -0.3 is 9.80 Å². The van der Waals surface area contributed by atoms with E-state index in [1.807, 2.05) is 0 Å². The molecule has 2 aromatic carbocycles. The molecular weight excluding hydrogens is 431 g/mol. The molecule has 0 bridgehead atoms. The number of carbonyl (C=O) groups excluding carboxylic acids is 1. The summed E-state index contributed by atoms with van der Waals surface area (Å²) in [4.78, 5) is 16.3. The van der Waals surface area contributed by atoms with Crippen LogP contribution in [0.2, 0.25) is 0 Å². The Morgan fingerprint density at radius 3 is 2.29 bits per heavy atom.